The molecule has 1 unspecified atom stereocenters. The minimum absolute atomic E-state index is 0.0126. The molecule has 1 amide bonds. The van der Waals surface area contributed by atoms with Crippen LogP contribution in [-0.4, -0.2) is 35.0 Å². The fraction of sp³-hybridized carbons (Fsp3) is 0.310. The molecule has 1 fully saturated rings. The number of rotatable bonds is 4. The fourth-order valence-corrected chi connectivity index (χ4v) is 4.93. The van der Waals surface area contributed by atoms with Crippen molar-refractivity contribution in [2.45, 2.75) is 39.2 Å². The number of allylic oxidation sites excluding steroid dienone is 3. The maximum atomic E-state index is 14.7. The molecule has 0 radical (unpaired) electrons. The zero-order chi connectivity index (χ0) is 24.0. The summed E-state index contributed by atoms with van der Waals surface area (Å²) < 4.78 is 14.7. The Morgan fingerprint density at radius 2 is 1.94 bits per heavy atom. The maximum Gasteiger partial charge on any atom is 0.273 e. The molecule has 5 rings (SSSR count). The monoisotopic (exact) mass is 455 g/mol. The Morgan fingerprint density at radius 3 is 2.71 bits per heavy atom. The van der Waals surface area contributed by atoms with E-state index >= 15 is 0 Å². The fourth-order valence-electron chi connectivity index (χ4n) is 4.93. The van der Waals surface area contributed by atoms with Crippen LogP contribution in [0.1, 0.15) is 48.1 Å². The van der Waals surface area contributed by atoms with Crippen molar-refractivity contribution in [2.24, 2.45) is 10.9 Å². The van der Waals surface area contributed by atoms with E-state index in [-0.39, 0.29) is 17.8 Å². The highest BCUT2D eigenvalue weighted by Crippen LogP contribution is 2.41. The molecule has 4 nitrogen and oxygen atoms in total. The van der Waals surface area contributed by atoms with Crippen LogP contribution < -0.4 is 0 Å². The standard InChI is InChI=1S/C29H30FN3O/c1-18-8-7-11-23(28(18)30)19(2)16-27-31-25(17-26(32(27)4)22-12-13-22)29(34)33-15-14-21-9-5-6-10-24(21)20(33)3/h5-11,16-17,20,22H,2,12-15H2,1,3-4H3/b27-16-. The zero-order valence-electron chi connectivity index (χ0n) is 20.0. The Hall–Kier alpha value is -3.47. The molecule has 2 heterocycles. The number of fused-ring (bicyclic) bond motifs is 1. The number of amides is 1. The van der Waals surface area contributed by atoms with Crippen molar-refractivity contribution in [2.75, 3.05) is 13.6 Å². The Labute approximate surface area is 200 Å². The van der Waals surface area contributed by atoms with Crippen molar-refractivity contribution >= 4 is 17.2 Å². The highest BCUT2D eigenvalue weighted by atomic mass is 19.1. The lowest BCUT2D eigenvalue weighted by Gasteiger charge is -2.36. The van der Waals surface area contributed by atoms with E-state index in [1.165, 1.54) is 11.1 Å². The molecular formula is C29H30FN3O. The average Bonchev–Trinajstić information content (AvgIpc) is 3.67. The lowest BCUT2D eigenvalue weighted by atomic mass is 9.93. The molecule has 0 bridgehead atoms. The van der Waals surface area contributed by atoms with Crippen LogP contribution in [0.2, 0.25) is 0 Å². The summed E-state index contributed by atoms with van der Waals surface area (Å²) in [5, 5.41) is 0. The van der Waals surface area contributed by atoms with Crippen molar-refractivity contribution in [1.29, 1.82) is 0 Å². The summed E-state index contributed by atoms with van der Waals surface area (Å²) in [7, 11) is 1.96. The van der Waals surface area contributed by atoms with Gasteiger partial charge in [0.05, 0.1) is 6.04 Å². The largest absolute Gasteiger partial charge is 0.333 e. The summed E-state index contributed by atoms with van der Waals surface area (Å²) in [5.41, 5.74) is 5.59. The molecule has 0 N–H and O–H groups in total. The van der Waals surface area contributed by atoms with Crippen LogP contribution in [-0.2, 0) is 11.2 Å². The van der Waals surface area contributed by atoms with Crippen molar-refractivity contribution in [1.82, 2.24) is 9.80 Å². The Bertz CT molecular complexity index is 1270. The second kappa shape index (κ2) is 8.71. The SMILES string of the molecule is C=C(/C=C1/N=C(C(=O)N2CCc3ccccc3C2C)C=C(C2CC2)N1C)c1cccc(C)c1F. The smallest absolute Gasteiger partial charge is 0.273 e. The summed E-state index contributed by atoms with van der Waals surface area (Å²) >= 11 is 0. The second-order valence-electron chi connectivity index (χ2n) is 9.49. The lowest BCUT2D eigenvalue weighted by molar-refractivity contribution is -0.126. The van der Waals surface area contributed by atoms with Gasteiger partial charge in [0.15, 0.2) is 0 Å². The second-order valence-corrected chi connectivity index (χ2v) is 9.49. The normalized spacial score (nSPS) is 21.2. The predicted octanol–water partition coefficient (Wildman–Crippen LogP) is 5.81. The van der Waals surface area contributed by atoms with E-state index in [0.29, 0.717) is 40.7 Å². The van der Waals surface area contributed by atoms with Crippen LogP contribution in [0.15, 0.2) is 77.7 Å². The number of hydrogen-bond donors (Lipinski definition) is 0. The summed E-state index contributed by atoms with van der Waals surface area (Å²) in [6, 6.07) is 13.6. The van der Waals surface area contributed by atoms with Gasteiger partial charge in [-0.15, -0.1) is 0 Å². The Kier molecular flexibility index (Phi) is 5.72. The Morgan fingerprint density at radius 1 is 1.18 bits per heavy atom. The molecule has 1 aliphatic carbocycles. The molecule has 0 aromatic heterocycles. The molecule has 2 aromatic rings. The van der Waals surface area contributed by atoms with Crippen molar-refractivity contribution in [3.63, 3.8) is 0 Å². The van der Waals surface area contributed by atoms with Crippen LogP contribution in [0.5, 0.6) is 0 Å². The van der Waals surface area contributed by atoms with Gasteiger partial charge in [0.25, 0.3) is 5.91 Å². The minimum Gasteiger partial charge on any atom is -0.333 e. The van der Waals surface area contributed by atoms with Gasteiger partial charge in [-0.3, -0.25) is 4.79 Å². The summed E-state index contributed by atoms with van der Waals surface area (Å²) in [5.74, 6) is 0.701. The molecule has 174 valence electrons. The van der Waals surface area contributed by atoms with Crippen molar-refractivity contribution < 1.29 is 9.18 Å². The molecular weight excluding hydrogens is 425 g/mol. The molecule has 1 saturated carbocycles. The quantitative estimate of drug-likeness (QED) is 0.583. The first-order valence-corrected chi connectivity index (χ1v) is 11.9. The van der Waals surface area contributed by atoms with Gasteiger partial charge in [0.1, 0.15) is 17.3 Å². The predicted molar refractivity (Wildman–Crippen MR) is 135 cm³/mol. The van der Waals surface area contributed by atoms with Gasteiger partial charge >= 0.3 is 0 Å². The highest BCUT2D eigenvalue weighted by Gasteiger charge is 2.35. The molecule has 5 heteroatoms. The van der Waals surface area contributed by atoms with E-state index in [0.717, 1.165) is 25.0 Å². The minimum atomic E-state index is -0.276. The van der Waals surface area contributed by atoms with E-state index in [1.807, 2.05) is 35.1 Å². The number of aliphatic imine (C=N–C) groups is 1. The number of benzene rings is 2. The van der Waals surface area contributed by atoms with Crippen LogP contribution in [0.3, 0.4) is 0 Å². The van der Waals surface area contributed by atoms with E-state index in [9.17, 15) is 9.18 Å². The molecule has 3 aliphatic rings. The molecule has 34 heavy (non-hydrogen) atoms. The van der Waals surface area contributed by atoms with Crippen LogP contribution in [0.4, 0.5) is 4.39 Å². The van der Waals surface area contributed by atoms with E-state index in [1.54, 1.807) is 25.1 Å². The maximum absolute atomic E-state index is 14.7. The molecule has 0 saturated heterocycles. The van der Waals surface area contributed by atoms with Gasteiger partial charge in [-0.2, -0.15) is 0 Å². The topological polar surface area (TPSA) is 35.9 Å². The highest BCUT2D eigenvalue weighted by molar-refractivity contribution is 6.44. The first-order valence-electron chi connectivity index (χ1n) is 11.9. The summed E-state index contributed by atoms with van der Waals surface area (Å²) in [6.45, 7) is 8.60. The third-order valence-electron chi connectivity index (χ3n) is 7.16. The zero-order valence-corrected chi connectivity index (χ0v) is 20.0. The van der Waals surface area contributed by atoms with Gasteiger partial charge in [-0.1, -0.05) is 49.0 Å². The number of carbonyl (C=O) groups is 1. The van der Waals surface area contributed by atoms with Gasteiger partial charge in [0, 0.05) is 24.9 Å². The molecule has 2 aliphatic heterocycles. The van der Waals surface area contributed by atoms with Crippen LogP contribution >= 0.6 is 0 Å². The van der Waals surface area contributed by atoms with Gasteiger partial charge in [-0.25, -0.2) is 9.38 Å². The summed E-state index contributed by atoms with van der Waals surface area (Å²) in [6.07, 6.45) is 6.78. The van der Waals surface area contributed by atoms with E-state index in [2.05, 4.69) is 31.7 Å². The molecule has 1 atom stereocenters. The number of nitrogens with zero attached hydrogens (tertiary/aromatic N) is 3. The number of aryl methyl sites for hydroxylation is 1. The Balaban J connectivity index is 1.49. The van der Waals surface area contributed by atoms with Crippen LogP contribution in [0.25, 0.3) is 5.57 Å². The first kappa shape index (κ1) is 22.3. The molecule has 2 aromatic carbocycles. The average molecular weight is 456 g/mol. The van der Waals surface area contributed by atoms with Crippen LogP contribution in [0, 0.1) is 18.7 Å². The first-order chi connectivity index (χ1) is 16.3. The van der Waals surface area contributed by atoms with Gasteiger partial charge in [0.2, 0.25) is 0 Å². The molecule has 0 spiro atoms. The number of hydrogen-bond acceptors (Lipinski definition) is 3. The van der Waals surface area contributed by atoms with Crippen molar-refractivity contribution in [3.05, 3.63) is 101 Å². The summed E-state index contributed by atoms with van der Waals surface area (Å²) in [4.78, 5) is 22.4. The third-order valence-corrected chi connectivity index (χ3v) is 7.16. The number of carbonyl (C=O) groups excluding carboxylic acids is 1. The van der Waals surface area contributed by atoms with Crippen molar-refractivity contribution in [3.8, 4) is 0 Å². The van der Waals surface area contributed by atoms with Gasteiger partial charge in [-0.05, 0) is 73.4 Å². The van der Waals surface area contributed by atoms with Gasteiger partial charge < -0.3 is 9.80 Å². The lowest BCUT2D eigenvalue weighted by Crippen LogP contribution is -2.43. The van der Waals surface area contributed by atoms with E-state index < -0.39 is 0 Å². The van der Waals surface area contributed by atoms with E-state index in [4.69, 9.17) is 4.99 Å². The third kappa shape index (κ3) is 4.00. The number of halogens is 1.